The van der Waals surface area contributed by atoms with E-state index in [2.05, 4.69) is 20.8 Å². The van der Waals surface area contributed by atoms with E-state index in [1.807, 2.05) is 55.5 Å². The lowest BCUT2D eigenvalue weighted by atomic mass is 10.1. The first-order valence-corrected chi connectivity index (χ1v) is 7.62. The molecule has 0 saturated heterocycles. The molecule has 3 rings (SSSR count). The van der Waals surface area contributed by atoms with Crippen LogP contribution in [0.2, 0.25) is 0 Å². The average Bonchev–Trinajstić information content (AvgIpc) is 2.94. The Balaban J connectivity index is 1.71. The van der Waals surface area contributed by atoms with E-state index >= 15 is 0 Å². The number of rotatable bonds is 4. The Bertz CT molecular complexity index is 857. The summed E-state index contributed by atoms with van der Waals surface area (Å²) in [5, 5.41) is 9.47. The van der Waals surface area contributed by atoms with Gasteiger partial charge < -0.3 is 15.2 Å². The molecule has 24 heavy (non-hydrogen) atoms. The second-order valence-electron chi connectivity index (χ2n) is 5.52. The Hall–Kier alpha value is -3.15. The smallest absolute Gasteiger partial charge is 0.323 e. The monoisotopic (exact) mass is 322 g/mol. The number of carbonyl (C=O) groups excluding carboxylic acids is 1. The maximum absolute atomic E-state index is 12.2. The standard InChI is InChI=1S/C18H18N4O2/c1-12-6-5-8-15(10-12)20-18(23)21-16-9-4-3-7-14(16)11-17-19-13(2)22-24-17/h3-10H,11H2,1-2H3,(H2,20,21,23). The Morgan fingerprint density at radius 3 is 2.67 bits per heavy atom. The molecule has 0 radical (unpaired) electrons. The number of benzene rings is 2. The van der Waals surface area contributed by atoms with Crippen molar-refractivity contribution in [1.82, 2.24) is 10.1 Å². The molecule has 6 nitrogen and oxygen atoms in total. The number of nitrogens with one attached hydrogen (secondary N) is 2. The Morgan fingerprint density at radius 1 is 1.08 bits per heavy atom. The molecule has 0 atom stereocenters. The highest BCUT2D eigenvalue weighted by molar-refractivity contribution is 6.00. The van der Waals surface area contributed by atoms with Gasteiger partial charge >= 0.3 is 6.03 Å². The van der Waals surface area contributed by atoms with Crippen molar-refractivity contribution in [2.24, 2.45) is 0 Å². The summed E-state index contributed by atoms with van der Waals surface area (Å²) < 4.78 is 5.15. The summed E-state index contributed by atoms with van der Waals surface area (Å²) in [6.07, 6.45) is 0.460. The number of urea groups is 1. The van der Waals surface area contributed by atoms with E-state index in [1.54, 1.807) is 6.92 Å². The first-order valence-electron chi connectivity index (χ1n) is 7.62. The average molecular weight is 322 g/mol. The third-order valence-electron chi connectivity index (χ3n) is 3.45. The molecule has 2 aromatic carbocycles. The number of hydrogen-bond donors (Lipinski definition) is 2. The number of aromatic nitrogens is 2. The molecule has 1 heterocycles. The van der Waals surface area contributed by atoms with E-state index in [1.165, 1.54) is 0 Å². The van der Waals surface area contributed by atoms with Gasteiger partial charge in [-0.3, -0.25) is 0 Å². The Labute approximate surface area is 139 Å². The summed E-state index contributed by atoms with van der Waals surface area (Å²) in [4.78, 5) is 16.4. The first-order chi connectivity index (χ1) is 11.6. The number of hydrogen-bond acceptors (Lipinski definition) is 4. The summed E-state index contributed by atoms with van der Waals surface area (Å²) in [6.45, 7) is 3.75. The predicted octanol–water partition coefficient (Wildman–Crippen LogP) is 3.92. The van der Waals surface area contributed by atoms with Gasteiger partial charge in [0.25, 0.3) is 0 Å². The lowest BCUT2D eigenvalue weighted by Crippen LogP contribution is -2.20. The number of carbonyl (C=O) groups is 1. The third kappa shape index (κ3) is 3.98. The fraction of sp³-hybridized carbons (Fsp3) is 0.167. The van der Waals surface area contributed by atoms with E-state index in [0.717, 1.165) is 16.8 Å². The number of aryl methyl sites for hydroxylation is 2. The SMILES string of the molecule is Cc1cccc(NC(=O)Nc2ccccc2Cc2nc(C)no2)c1. The molecule has 0 bridgehead atoms. The van der Waals surface area contributed by atoms with Gasteiger partial charge in [-0.2, -0.15) is 4.98 Å². The van der Waals surface area contributed by atoms with E-state index in [4.69, 9.17) is 4.52 Å². The topological polar surface area (TPSA) is 80.0 Å². The van der Waals surface area contributed by atoms with Gasteiger partial charge in [0.2, 0.25) is 5.89 Å². The maximum atomic E-state index is 12.2. The van der Waals surface area contributed by atoms with E-state index in [9.17, 15) is 4.79 Å². The van der Waals surface area contributed by atoms with Crippen molar-refractivity contribution in [1.29, 1.82) is 0 Å². The molecule has 2 amide bonds. The van der Waals surface area contributed by atoms with Crippen molar-refractivity contribution in [2.75, 3.05) is 10.6 Å². The van der Waals surface area contributed by atoms with Gasteiger partial charge in [0.05, 0.1) is 6.42 Å². The highest BCUT2D eigenvalue weighted by Crippen LogP contribution is 2.19. The van der Waals surface area contributed by atoms with Crippen LogP contribution in [0.1, 0.15) is 22.8 Å². The van der Waals surface area contributed by atoms with Crippen LogP contribution in [0, 0.1) is 13.8 Å². The molecule has 0 spiro atoms. The molecule has 122 valence electrons. The van der Waals surface area contributed by atoms with Crippen LogP contribution in [-0.2, 0) is 6.42 Å². The zero-order chi connectivity index (χ0) is 16.9. The minimum Gasteiger partial charge on any atom is -0.339 e. The molecule has 0 saturated carbocycles. The van der Waals surface area contributed by atoms with Crippen molar-refractivity contribution < 1.29 is 9.32 Å². The zero-order valence-corrected chi connectivity index (χ0v) is 13.5. The lowest BCUT2D eigenvalue weighted by Gasteiger charge is -2.11. The Morgan fingerprint density at radius 2 is 1.92 bits per heavy atom. The number of anilines is 2. The quantitative estimate of drug-likeness (QED) is 0.763. The molecule has 0 aliphatic carbocycles. The van der Waals surface area contributed by atoms with E-state index < -0.39 is 0 Å². The summed E-state index contributed by atoms with van der Waals surface area (Å²) in [7, 11) is 0. The van der Waals surface area contributed by atoms with Crippen LogP contribution >= 0.6 is 0 Å². The molecular formula is C18H18N4O2. The minimum atomic E-state index is -0.297. The molecular weight excluding hydrogens is 304 g/mol. The van der Waals surface area contributed by atoms with E-state index in [0.29, 0.717) is 23.8 Å². The maximum Gasteiger partial charge on any atom is 0.323 e. The van der Waals surface area contributed by atoms with Crippen LogP contribution in [0.3, 0.4) is 0 Å². The van der Waals surface area contributed by atoms with Gasteiger partial charge in [0, 0.05) is 11.4 Å². The molecule has 0 fully saturated rings. The van der Waals surface area contributed by atoms with Crippen LogP contribution in [0.15, 0.2) is 53.1 Å². The molecule has 6 heteroatoms. The van der Waals surface area contributed by atoms with Gasteiger partial charge in [-0.1, -0.05) is 35.5 Å². The van der Waals surface area contributed by atoms with Gasteiger partial charge in [0.15, 0.2) is 5.82 Å². The number of amides is 2. The molecule has 3 aromatic rings. The summed E-state index contributed by atoms with van der Waals surface area (Å²) in [5.41, 5.74) is 3.44. The van der Waals surface area contributed by atoms with Crippen molar-refractivity contribution in [3.05, 3.63) is 71.4 Å². The van der Waals surface area contributed by atoms with Gasteiger partial charge in [-0.25, -0.2) is 4.79 Å². The fourth-order valence-electron chi connectivity index (χ4n) is 2.38. The molecule has 0 unspecified atom stereocenters. The minimum absolute atomic E-state index is 0.297. The highest BCUT2D eigenvalue weighted by Gasteiger charge is 2.10. The summed E-state index contributed by atoms with van der Waals surface area (Å²) in [5.74, 6) is 1.11. The van der Waals surface area contributed by atoms with Crippen molar-refractivity contribution in [2.45, 2.75) is 20.3 Å². The Kier molecular flexibility index (Phi) is 4.56. The lowest BCUT2D eigenvalue weighted by molar-refractivity contribution is 0.262. The van der Waals surface area contributed by atoms with Gasteiger partial charge in [-0.05, 0) is 43.2 Å². The van der Waals surface area contributed by atoms with Crippen LogP contribution in [0.5, 0.6) is 0 Å². The largest absolute Gasteiger partial charge is 0.339 e. The molecule has 0 aliphatic rings. The van der Waals surface area contributed by atoms with Crippen molar-refractivity contribution >= 4 is 17.4 Å². The predicted molar refractivity (Wildman–Crippen MR) is 92.1 cm³/mol. The second-order valence-corrected chi connectivity index (χ2v) is 5.52. The van der Waals surface area contributed by atoms with Crippen LogP contribution in [-0.4, -0.2) is 16.2 Å². The first kappa shape index (κ1) is 15.7. The number of nitrogens with zero attached hydrogens (tertiary/aromatic N) is 2. The van der Waals surface area contributed by atoms with Crippen molar-refractivity contribution in [3.63, 3.8) is 0 Å². The van der Waals surface area contributed by atoms with Crippen LogP contribution < -0.4 is 10.6 Å². The molecule has 0 aliphatic heterocycles. The zero-order valence-electron chi connectivity index (χ0n) is 13.5. The highest BCUT2D eigenvalue weighted by atomic mass is 16.5. The van der Waals surface area contributed by atoms with Crippen LogP contribution in [0.4, 0.5) is 16.2 Å². The second kappa shape index (κ2) is 6.95. The van der Waals surface area contributed by atoms with Crippen molar-refractivity contribution in [3.8, 4) is 0 Å². The van der Waals surface area contributed by atoms with Gasteiger partial charge in [-0.15, -0.1) is 0 Å². The normalized spacial score (nSPS) is 10.4. The molecule has 2 N–H and O–H groups in total. The van der Waals surface area contributed by atoms with Gasteiger partial charge in [0.1, 0.15) is 0 Å². The molecule has 1 aromatic heterocycles. The fourth-order valence-corrected chi connectivity index (χ4v) is 2.38. The number of para-hydroxylation sites is 1. The van der Waals surface area contributed by atoms with E-state index in [-0.39, 0.29) is 6.03 Å². The third-order valence-corrected chi connectivity index (χ3v) is 3.45. The van der Waals surface area contributed by atoms with Crippen LogP contribution in [0.25, 0.3) is 0 Å². The summed E-state index contributed by atoms with van der Waals surface area (Å²) in [6, 6.07) is 14.9. The summed E-state index contributed by atoms with van der Waals surface area (Å²) >= 11 is 0.